The SMILES string of the molecule is O=c1c(Cc2ccccc2)c[nH]c(=S)n1CCCc1ccc([N+](=O)[O-])cc1. The summed E-state index contributed by atoms with van der Waals surface area (Å²) in [5.74, 6) is 0. The van der Waals surface area contributed by atoms with Crippen molar-refractivity contribution in [2.24, 2.45) is 0 Å². The van der Waals surface area contributed by atoms with Gasteiger partial charge in [0.25, 0.3) is 11.2 Å². The molecule has 1 aromatic heterocycles. The summed E-state index contributed by atoms with van der Waals surface area (Å²) in [5.41, 5.74) is 2.73. The van der Waals surface area contributed by atoms with Crippen LogP contribution in [0.1, 0.15) is 23.1 Å². The fourth-order valence-electron chi connectivity index (χ4n) is 2.93. The van der Waals surface area contributed by atoms with Gasteiger partial charge in [-0.25, -0.2) is 0 Å². The summed E-state index contributed by atoms with van der Waals surface area (Å²) in [6.45, 7) is 0.494. The topological polar surface area (TPSA) is 80.9 Å². The number of aromatic amines is 1. The van der Waals surface area contributed by atoms with E-state index in [0.29, 0.717) is 36.1 Å². The molecule has 2 aromatic carbocycles. The predicted molar refractivity (Wildman–Crippen MR) is 107 cm³/mol. The van der Waals surface area contributed by atoms with Gasteiger partial charge in [0.05, 0.1) is 4.92 Å². The third-order valence-corrected chi connectivity index (χ3v) is 4.70. The molecule has 0 aliphatic heterocycles. The predicted octanol–water partition coefficient (Wildman–Crippen LogP) is 4.04. The van der Waals surface area contributed by atoms with Crippen molar-refractivity contribution in [2.75, 3.05) is 0 Å². The van der Waals surface area contributed by atoms with E-state index in [-0.39, 0.29) is 11.2 Å². The van der Waals surface area contributed by atoms with Crippen molar-refractivity contribution in [1.82, 2.24) is 9.55 Å². The first-order chi connectivity index (χ1) is 13.0. The Morgan fingerprint density at radius 3 is 2.41 bits per heavy atom. The van der Waals surface area contributed by atoms with E-state index in [4.69, 9.17) is 12.2 Å². The van der Waals surface area contributed by atoms with Gasteiger partial charge in [0.15, 0.2) is 4.77 Å². The van der Waals surface area contributed by atoms with E-state index in [2.05, 4.69) is 4.98 Å². The average molecular weight is 381 g/mol. The van der Waals surface area contributed by atoms with Crippen molar-refractivity contribution >= 4 is 17.9 Å². The number of non-ortho nitro benzene ring substituents is 1. The Bertz CT molecular complexity index is 1040. The average Bonchev–Trinajstić information content (AvgIpc) is 2.68. The summed E-state index contributed by atoms with van der Waals surface area (Å²) in [5, 5.41) is 10.7. The van der Waals surface area contributed by atoms with E-state index >= 15 is 0 Å². The molecule has 27 heavy (non-hydrogen) atoms. The highest BCUT2D eigenvalue weighted by molar-refractivity contribution is 7.71. The van der Waals surface area contributed by atoms with Gasteiger partial charge in [-0.2, -0.15) is 0 Å². The highest BCUT2D eigenvalue weighted by Gasteiger charge is 2.08. The van der Waals surface area contributed by atoms with Crippen LogP contribution in [-0.2, 0) is 19.4 Å². The standard InChI is InChI=1S/C20H19N3O3S/c24-19-17(13-16-5-2-1-3-6-16)14-21-20(27)22(19)12-4-7-15-8-10-18(11-9-15)23(25)26/h1-3,5-6,8-11,14H,4,7,12-13H2,(H,21,27). The lowest BCUT2D eigenvalue weighted by Crippen LogP contribution is -2.25. The monoisotopic (exact) mass is 381 g/mol. The number of nitrogens with zero attached hydrogens (tertiary/aromatic N) is 2. The van der Waals surface area contributed by atoms with Gasteiger partial charge in [0, 0.05) is 36.9 Å². The zero-order chi connectivity index (χ0) is 19.2. The van der Waals surface area contributed by atoms with E-state index in [1.165, 1.54) is 12.1 Å². The van der Waals surface area contributed by atoms with Crippen LogP contribution >= 0.6 is 12.2 Å². The van der Waals surface area contributed by atoms with Crippen molar-refractivity contribution in [3.05, 3.63) is 103 Å². The maximum Gasteiger partial charge on any atom is 0.269 e. The number of nitro groups is 1. The number of rotatable bonds is 7. The smallest absolute Gasteiger partial charge is 0.269 e. The van der Waals surface area contributed by atoms with Crippen LogP contribution in [0.2, 0.25) is 0 Å². The maximum absolute atomic E-state index is 12.8. The first-order valence-corrected chi connectivity index (χ1v) is 9.04. The summed E-state index contributed by atoms with van der Waals surface area (Å²) in [7, 11) is 0. The molecule has 1 heterocycles. The van der Waals surface area contributed by atoms with Gasteiger partial charge in [0.1, 0.15) is 0 Å². The van der Waals surface area contributed by atoms with Crippen LogP contribution < -0.4 is 5.56 Å². The fraction of sp³-hybridized carbons (Fsp3) is 0.200. The Morgan fingerprint density at radius 1 is 1.04 bits per heavy atom. The van der Waals surface area contributed by atoms with Crippen LogP contribution in [0.25, 0.3) is 0 Å². The number of hydrogen-bond acceptors (Lipinski definition) is 4. The van der Waals surface area contributed by atoms with Gasteiger partial charge < -0.3 is 4.98 Å². The minimum absolute atomic E-state index is 0.0750. The molecule has 0 saturated heterocycles. The van der Waals surface area contributed by atoms with Crippen LogP contribution in [0.3, 0.4) is 0 Å². The van der Waals surface area contributed by atoms with Crippen molar-refractivity contribution in [3.63, 3.8) is 0 Å². The summed E-state index contributed by atoms with van der Waals surface area (Å²) < 4.78 is 1.99. The van der Waals surface area contributed by atoms with Gasteiger partial charge >= 0.3 is 0 Å². The summed E-state index contributed by atoms with van der Waals surface area (Å²) in [6.07, 6.45) is 3.66. The van der Waals surface area contributed by atoms with E-state index in [1.807, 2.05) is 30.3 Å². The lowest BCUT2D eigenvalue weighted by atomic mass is 10.1. The second kappa shape index (κ2) is 8.55. The normalized spacial score (nSPS) is 10.7. The molecule has 0 atom stereocenters. The molecule has 0 aliphatic rings. The Labute approximate surface area is 161 Å². The molecular formula is C20H19N3O3S. The second-order valence-corrected chi connectivity index (χ2v) is 6.65. The zero-order valence-electron chi connectivity index (χ0n) is 14.6. The number of aryl methyl sites for hydroxylation is 1. The first-order valence-electron chi connectivity index (χ1n) is 8.63. The molecule has 0 radical (unpaired) electrons. The molecule has 3 aromatic rings. The van der Waals surface area contributed by atoms with E-state index in [9.17, 15) is 14.9 Å². The number of hydrogen-bond donors (Lipinski definition) is 1. The molecule has 6 nitrogen and oxygen atoms in total. The molecule has 0 spiro atoms. The van der Waals surface area contributed by atoms with Crippen molar-refractivity contribution in [2.45, 2.75) is 25.8 Å². The molecule has 0 amide bonds. The molecular weight excluding hydrogens is 362 g/mol. The third kappa shape index (κ3) is 4.77. The number of benzene rings is 2. The van der Waals surface area contributed by atoms with Crippen molar-refractivity contribution < 1.29 is 4.92 Å². The summed E-state index contributed by atoms with van der Waals surface area (Å²) in [6, 6.07) is 16.3. The van der Waals surface area contributed by atoms with Crippen molar-refractivity contribution in [3.8, 4) is 0 Å². The Hall–Kier alpha value is -3.06. The number of nitro benzene ring substituents is 1. The van der Waals surface area contributed by atoms with Gasteiger partial charge in [-0.05, 0) is 36.2 Å². The van der Waals surface area contributed by atoms with Crippen molar-refractivity contribution in [1.29, 1.82) is 0 Å². The molecule has 0 saturated carbocycles. The van der Waals surface area contributed by atoms with E-state index < -0.39 is 4.92 Å². The maximum atomic E-state index is 12.8. The van der Waals surface area contributed by atoms with Crippen LogP contribution in [0.15, 0.2) is 65.6 Å². The second-order valence-electron chi connectivity index (χ2n) is 6.27. The lowest BCUT2D eigenvalue weighted by Gasteiger charge is -2.09. The zero-order valence-corrected chi connectivity index (χ0v) is 15.4. The molecule has 0 fully saturated rings. The molecule has 0 aliphatic carbocycles. The number of H-pyrrole nitrogens is 1. The quantitative estimate of drug-likeness (QED) is 0.380. The van der Waals surface area contributed by atoms with Gasteiger partial charge in [-0.15, -0.1) is 0 Å². The number of aromatic nitrogens is 2. The largest absolute Gasteiger partial charge is 0.338 e. The van der Waals surface area contributed by atoms with Crippen LogP contribution in [0.5, 0.6) is 0 Å². The molecule has 3 rings (SSSR count). The van der Waals surface area contributed by atoms with Gasteiger partial charge in [-0.3, -0.25) is 19.5 Å². The Kier molecular flexibility index (Phi) is 5.93. The van der Waals surface area contributed by atoms with Crippen LogP contribution in [0.4, 0.5) is 5.69 Å². The third-order valence-electron chi connectivity index (χ3n) is 4.37. The first kappa shape index (κ1) is 18.7. The molecule has 7 heteroatoms. The molecule has 0 bridgehead atoms. The van der Waals surface area contributed by atoms with E-state index in [0.717, 1.165) is 11.1 Å². The molecule has 1 N–H and O–H groups in total. The highest BCUT2D eigenvalue weighted by Crippen LogP contribution is 2.13. The van der Waals surface area contributed by atoms with Crippen LogP contribution in [-0.4, -0.2) is 14.5 Å². The fourth-order valence-corrected chi connectivity index (χ4v) is 3.16. The van der Waals surface area contributed by atoms with Crippen LogP contribution in [0, 0.1) is 14.9 Å². The summed E-state index contributed by atoms with van der Waals surface area (Å²) in [4.78, 5) is 26.0. The highest BCUT2D eigenvalue weighted by atomic mass is 32.1. The Morgan fingerprint density at radius 2 is 1.74 bits per heavy atom. The molecule has 0 unspecified atom stereocenters. The Balaban J connectivity index is 1.69. The van der Waals surface area contributed by atoms with E-state index in [1.54, 1.807) is 22.9 Å². The minimum atomic E-state index is -0.416. The molecule has 138 valence electrons. The lowest BCUT2D eigenvalue weighted by molar-refractivity contribution is -0.384. The van der Waals surface area contributed by atoms with Gasteiger partial charge in [0.2, 0.25) is 0 Å². The number of nitrogens with one attached hydrogen (secondary N) is 1. The minimum Gasteiger partial charge on any atom is -0.338 e. The summed E-state index contributed by atoms with van der Waals surface area (Å²) >= 11 is 5.27. The van der Waals surface area contributed by atoms with Gasteiger partial charge in [-0.1, -0.05) is 42.5 Å².